The zero-order valence-electron chi connectivity index (χ0n) is 16.3. The number of nitrogen functional groups attached to an aromatic ring is 1. The number of nitrogens with two attached hydrogens (primary N) is 1. The highest BCUT2D eigenvalue weighted by Gasteiger charge is 2.20. The minimum absolute atomic E-state index is 0.434. The summed E-state index contributed by atoms with van der Waals surface area (Å²) in [5.74, 6) is 1.49. The van der Waals surface area contributed by atoms with Crippen LogP contribution in [-0.2, 0) is 11.3 Å². The number of aromatic nitrogens is 3. The molecule has 0 bridgehead atoms. The highest BCUT2D eigenvalue weighted by atomic mass is 32.1. The van der Waals surface area contributed by atoms with E-state index in [2.05, 4.69) is 37.2 Å². The molecule has 0 spiro atoms. The van der Waals surface area contributed by atoms with Crippen molar-refractivity contribution in [3.63, 3.8) is 0 Å². The topological polar surface area (TPSA) is 92.4 Å². The monoisotopic (exact) mass is 411 g/mol. The molecule has 3 aromatic rings. The molecule has 0 aliphatic carbocycles. The molecule has 5 rings (SSSR count). The molecule has 2 aliphatic rings. The molecule has 0 radical (unpaired) electrons. The van der Waals surface area contributed by atoms with Crippen LogP contribution >= 0.6 is 11.3 Å². The Balaban J connectivity index is 1.54. The van der Waals surface area contributed by atoms with Crippen LogP contribution in [-0.4, -0.2) is 72.3 Å². The van der Waals surface area contributed by atoms with Gasteiger partial charge >= 0.3 is 0 Å². The number of hydrogen-bond donors (Lipinski definition) is 2. The number of pyridine rings is 1. The molecule has 5 heterocycles. The molecule has 8 nitrogen and oxygen atoms in total. The third-order valence-corrected chi connectivity index (χ3v) is 6.48. The van der Waals surface area contributed by atoms with Crippen LogP contribution in [0.5, 0.6) is 0 Å². The molecule has 0 unspecified atom stereocenters. The van der Waals surface area contributed by atoms with Gasteiger partial charge < -0.3 is 20.7 Å². The van der Waals surface area contributed by atoms with Gasteiger partial charge in [-0.15, -0.1) is 11.3 Å². The fraction of sp³-hybridized carbons (Fsp3) is 0.450. The van der Waals surface area contributed by atoms with Crippen molar-refractivity contribution in [3.8, 4) is 10.6 Å². The first-order valence-corrected chi connectivity index (χ1v) is 10.8. The molecule has 0 atom stereocenters. The summed E-state index contributed by atoms with van der Waals surface area (Å²) in [4.78, 5) is 19.7. The Morgan fingerprint density at radius 3 is 2.66 bits per heavy atom. The number of anilines is 2. The average molecular weight is 412 g/mol. The largest absolute Gasteiger partial charge is 0.382 e. The minimum Gasteiger partial charge on any atom is -0.382 e. The van der Waals surface area contributed by atoms with Crippen LogP contribution < -0.4 is 16.0 Å². The molecule has 152 valence electrons. The van der Waals surface area contributed by atoms with E-state index < -0.39 is 0 Å². The second kappa shape index (κ2) is 8.19. The molecule has 3 aromatic heterocycles. The lowest BCUT2D eigenvalue weighted by Crippen LogP contribution is -2.43. The smallest absolute Gasteiger partial charge is 0.141 e. The van der Waals surface area contributed by atoms with Crippen LogP contribution in [0, 0.1) is 0 Å². The summed E-state index contributed by atoms with van der Waals surface area (Å²) in [7, 11) is 0. The predicted octanol–water partition coefficient (Wildman–Crippen LogP) is 1.58. The number of nitrogens with one attached hydrogen (secondary N) is 1. The van der Waals surface area contributed by atoms with E-state index in [1.165, 1.54) is 10.1 Å². The van der Waals surface area contributed by atoms with Crippen LogP contribution in [0.1, 0.15) is 5.69 Å². The highest BCUT2D eigenvalue weighted by molar-refractivity contribution is 7.22. The first-order chi connectivity index (χ1) is 14.3. The Labute approximate surface area is 173 Å². The number of piperazine rings is 1. The summed E-state index contributed by atoms with van der Waals surface area (Å²) in [6, 6.07) is 4.42. The van der Waals surface area contributed by atoms with E-state index in [0.717, 1.165) is 81.1 Å². The van der Waals surface area contributed by atoms with Gasteiger partial charge in [-0.1, -0.05) is 0 Å². The van der Waals surface area contributed by atoms with Crippen molar-refractivity contribution in [2.24, 2.45) is 0 Å². The van der Waals surface area contributed by atoms with Crippen molar-refractivity contribution in [2.75, 3.05) is 63.1 Å². The molecular formula is C20H25N7OS. The van der Waals surface area contributed by atoms with Crippen molar-refractivity contribution in [3.05, 3.63) is 30.2 Å². The average Bonchev–Trinajstić information content (AvgIpc) is 3.19. The number of morpholine rings is 1. The Hall–Kier alpha value is -2.33. The standard InChI is InChI=1S/C20H25N7OS/c21-19-12-23-16(11-24-19)18-10-15-17(29-18)9-14(13-26-3-1-22-2-4-26)25-20(15)27-5-7-28-8-6-27/h9-12,22H,1-8,13H2,(H2,21,24). The Kier molecular flexibility index (Phi) is 5.28. The second-order valence-electron chi connectivity index (χ2n) is 7.41. The van der Waals surface area contributed by atoms with E-state index in [1.54, 1.807) is 23.7 Å². The van der Waals surface area contributed by atoms with Crippen molar-refractivity contribution in [1.29, 1.82) is 0 Å². The quantitative estimate of drug-likeness (QED) is 0.669. The number of fused-ring (bicyclic) bond motifs is 1. The summed E-state index contributed by atoms with van der Waals surface area (Å²) in [6.45, 7) is 8.29. The van der Waals surface area contributed by atoms with Crippen molar-refractivity contribution in [2.45, 2.75) is 6.54 Å². The number of thiophene rings is 1. The van der Waals surface area contributed by atoms with Gasteiger partial charge in [0.05, 0.1) is 41.9 Å². The van der Waals surface area contributed by atoms with E-state index in [0.29, 0.717) is 5.82 Å². The molecule has 0 saturated carbocycles. The molecule has 0 amide bonds. The van der Waals surface area contributed by atoms with E-state index in [1.807, 2.05) is 0 Å². The maximum absolute atomic E-state index is 5.70. The lowest BCUT2D eigenvalue weighted by atomic mass is 10.2. The van der Waals surface area contributed by atoms with Crippen LogP contribution in [0.15, 0.2) is 24.5 Å². The molecule has 3 N–H and O–H groups in total. The first kappa shape index (κ1) is 18.7. The summed E-state index contributed by atoms with van der Waals surface area (Å²) in [5, 5.41) is 4.59. The zero-order valence-corrected chi connectivity index (χ0v) is 17.1. The zero-order chi connectivity index (χ0) is 19.6. The predicted molar refractivity (Wildman–Crippen MR) is 116 cm³/mol. The van der Waals surface area contributed by atoms with Crippen LogP contribution in [0.25, 0.3) is 20.7 Å². The van der Waals surface area contributed by atoms with Gasteiger partial charge in [-0.25, -0.2) is 15.0 Å². The van der Waals surface area contributed by atoms with Crippen molar-refractivity contribution < 1.29 is 4.74 Å². The summed E-state index contributed by atoms with van der Waals surface area (Å²) < 4.78 is 6.79. The van der Waals surface area contributed by atoms with E-state index in [-0.39, 0.29) is 0 Å². The summed E-state index contributed by atoms with van der Waals surface area (Å²) in [6.07, 6.45) is 3.35. The van der Waals surface area contributed by atoms with E-state index in [4.69, 9.17) is 15.5 Å². The van der Waals surface area contributed by atoms with Gasteiger partial charge in [0.15, 0.2) is 0 Å². The SMILES string of the molecule is Nc1cnc(-c2cc3c(N4CCOCC4)nc(CN4CCNCC4)cc3s2)cn1. The summed E-state index contributed by atoms with van der Waals surface area (Å²) >= 11 is 1.74. The van der Waals surface area contributed by atoms with Gasteiger partial charge in [0.2, 0.25) is 0 Å². The third kappa shape index (κ3) is 4.04. The number of hydrogen-bond acceptors (Lipinski definition) is 9. The molecule has 2 fully saturated rings. The van der Waals surface area contributed by atoms with Gasteiger partial charge in [0, 0.05) is 55.9 Å². The van der Waals surface area contributed by atoms with Crippen LogP contribution in [0.4, 0.5) is 11.6 Å². The van der Waals surface area contributed by atoms with Gasteiger partial charge in [-0.05, 0) is 12.1 Å². The second-order valence-corrected chi connectivity index (χ2v) is 8.50. The third-order valence-electron chi connectivity index (χ3n) is 5.38. The van der Waals surface area contributed by atoms with Gasteiger partial charge in [0.25, 0.3) is 0 Å². The lowest BCUT2D eigenvalue weighted by Gasteiger charge is -2.30. The molecule has 9 heteroatoms. The van der Waals surface area contributed by atoms with Gasteiger partial charge in [-0.2, -0.15) is 0 Å². The number of rotatable bonds is 4. The fourth-order valence-corrected chi connectivity index (χ4v) is 4.93. The van der Waals surface area contributed by atoms with Gasteiger partial charge in [-0.3, -0.25) is 4.90 Å². The van der Waals surface area contributed by atoms with Crippen molar-refractivity contribution >= 4 is 33.1 Å². The minimum atomic E-state index is 0.434. The Bertz CT molecular complexity index is 978. The molecule has 2 aliphatic heterocycles. The molecule has 0 aromatic carbocycles. The normalized spacial score (nSPS) is 18.4. The lowest BCUT2D eigenvalue weighted by molar-refractivity contribution is 0.122. The Morgan fingerprint density at radius 2 is 1.90 bits per heavy atom. The van der Waals surface area contributed by atoms with E-state index >= 15 is 0 Å². The van der Waals surface area contributed by atoms with Crippen LogP contribution in [0.2, 0.25) is 0 Å². The molecule has 29 heavy (non-hydrogen) atoms. The van der Waals surface area contributed by atoms with Gasteiger partial charge in [0.1, 0.15) is 11.6 Å². The van der Waals surface area contributed by atoms with Crippen LogP contribution in [0.3, 0.4) is 0 Å². The number of ether oxygens (including phenoxy) is 1. The summed E-state index contributed by atoms with van der Waals surface area (Å²) in [5.41, 5.74) is 7.67. The van der Waals surface area contributed by atoms with E-state index in [9.17, 15) is 0 Å². The molecular weight excluding hydrogens is 386 g/mol. The first-order valence-electron chi connectivity index (χ1n) is 10.0. The number of nitrogens with zero attached hydrogens (tertiary/aromatic N) is 5. The maximum Gasteiger partial charge on any atom is 0.141 e. The van der Waals surface area contributed by atoms with Crippen molar-refractivity contribution in [1.82, 2.24) is 25.2 Å². The highest BCUT2D eigenvalue weighted by Crippen LogP contribution is 2.37. The molecule has 2 saturated heterocycles. The fourth-order valence-electron chi connectivity index (χ4n) is 3.85. The maximum atomic E-state index is 5.70. The Morgan fingerprint density at radius 1 is 1.07 bits per heavy atom.